The molecule has 0 spiro atoms. The number of hydrogen-bond acceptors (Lipinski definition) is 3. The van der Waals surface area contributed by atoms with Gasteiger partial charge in [0.15, 0.2) is 0 Å². The third kappa shape index (κ3) is 4.84. The molecular weight excluding hydrogens is 306 g/mol. The van der Waals surface area contributed by atoms with E-state index >= 15 is 0 Å². The number of hydrogen-bond donors (Lipinski definition) is 1. The number of anilines is 1. The second-order valence-corrected chi connectivity index (χ2v) is 5.66. The molecule has 0 saturated heterocycles. The van der Waals surface area contributed by atoms with E-state index in [-0.39, 0.29) is 5.91 Å². The van der Waals surface area contributed by atoms with Crippen LogP contribution in [0.1, 0.15) is 18.9 Å². The molecule has 106 valence electrons. The van der Waals surface area contributed by atoms with Crippen molar-refractivity contribution in [2.24, 2.45) is 0 Å². The molecule has 0 radical (unpaired) electrons. The fraction of sp³-hybridized carbons (Fsp3) is 0.500. The van der Waals surface area contributed by atoms with Crippen LogP contribution in [0.2, 0.25) is 0 Å². The van der Waals surface area contributed by atoms with Gasteiger partial charge in [0, 0.05) is 36.4 Å². The Labute approximate surface area is 123 Å². The number of likely N-dealkylation sites (N-methyl/N-ethyl adjacent to an activating group) is 1. The molecule has 2 N–H and O–H groups in total. The van der Waals surface area contributed by atoms with Crippen LogP contribution in [0.3, 0.4) is 0 Å². The van der Waals surface area contributed by atoms with E-state index in [0.717, 1.165) is 28.7 Å². The molecule has 0 bridgehead atoms. The summed E-state index contributed by atoms with van der Waals surface area (Å²) < 4.78 is 0.992. The molecule has 4 nitrogen and oxygen atoms in total. The molecule has 1 rings (SSSR count). The van der Waals surface area contributed by atoms with E-state index in [0.29, 0.717) is 13.1 Å². The zero-order valence-corrected chi connectivity index (χ0v) is 13.4. The Morgan fingerprint density at radius 1 is 1.37 bits per heavy atom. The van der Waals surface area contributed by atoms with E-state index in [9.17, 15) is 4.79 Å². The molecule has 0 atom stereocenters. The number of nitrogens with two attached hydrogens (primary N) is 1. The minimum atomic E-state index is 0.110. The second-order valence-electron chi connectivity index (χ2n) is 4.81. The smallest absolute Gasteiger partial charge is 0.236 e. The number of amides is 1. The summed E-state index contributed by atoms with van der Waals surface area (Å²) in [6, 6.07) is 5.78. The van der Waals surface area contributed by atoms with Crippen molar-refractivity contribution in [2.45, 2.75) is 19.9 Å². The van der Waals surface area contributed by atoms with E-state index in [1.807, 2.05) is 18.2 Å². The van der Waals surface area contributed by atoms with Crippen LogP contribution < -0.4 is 5.73 Å². The molecule has 0 unspecified atom stereocenters. The molecule has 0 saturated carbocycles. The van der Waals surface area contributed by atoms with E-state index in [1.165, 1.54) is 0 Å². The molecule has 19 heavy (non-hydrogen) atoms. The molecule has 0 aliphatic rings. The summed E-state index contributed by atoms with van der Waals surface area (Å²) in [5.74, 6) is 0.110. The largest absolute Gasteiger partial charge is 0.398 e. The summed E-state index contributed by atoms with van der Waals surface area (Å²) in [6.45, 7) is 4.08. The number of carbonyl (C=O) groups excluding carboxylic acids is 1. The first kappa shape index (κ1) is 16.0. The fourth-order valence-electron chi connectivity index (χ4n) is 1.83. The summed E-state index contributed by atoms with van der Waals surface area (Å²) in [4.78, 5) is 15.6. The lowest BCUT2D eigenvalue weighted by atomic mass is 10.1. The van der Waals surface area contributed by atoms with Crippen molar-refractivity contribution < 1.29 is 4.79 Å². The molecule has 1 aromatic rings. The first-order chi connectivity index (χ1) is 8.95. The minimum absolute atomic E-state index is 0.110. The highest BCUT2D eigenvalue weighted by atomic mass is 79.9. The summed E-state index contributed by atoms with van der Waals surface area (Å²) in [5.41, 5.74) is 7.81. The highest BCUT2D eigenvalue weighted by Crippen LogP contribution is 2.24. The quantitative estimate of drug-likeness (QED) is 0.816. The second kappa shape index (κ2) is 7.50. The lowest BCUT2D eigenvalue weighted by molar-refractivity contribution is -0.130. The lowest BCUT2D eigenvalue weighted by Gasteiger charge is -2.24. The maximum atomic E-state index is 11.8. The standard InChI is InChI=1S/C14H22BrN3O/c1-4-8-18(10-14(19)17(2)3)9-11-12(15)6-5-7-13(11)16/h5-7H,4,8-10,16H2,1-3H3. The Morgan fingerprint density at radius 3 is 2.58 bits per heavy atom. The Bertz CT molecular complexity index is 414. The van der Waals surface area contributed by atoms with Crippen molar-refractivity contribution in [3.63, 3.8) is 0 Å². The van der Waals surface area contributed by atoms with Gasteiger partial charge in [-0.15, -0.1) is 0 Å². The number of rotatable bonds is 6. The van der Waals surface area contributed by atoms with Gasteiger partial charge in [0.25, 0.3) is 0 Å². The number of nitrogens with zero attached hydrogens (tertiary/aromatic N) is 2. The minimum Gasteiger partial charge on any atom is -0.398 e. The molecule has 1 aromatic carbocycles. The van der Waals surface area contributed by atoms with Gasteiger partial charge in [0.05, 0.1) is 6.54 Å². The van der Waals surface area contributed by atoms with Crippen LogP contribution in [0.25, 0.3) is 0 Å². The van der Waals surface area contributed by atoms with Gasteiger partial charge in [-0.2, -0.15) is 0 Å². The zero-order valence-electron chi connectivity index (χ0n) is 11.8. The van der Waals surface area contributed by atoms with Crippen molar-refractivity contribution in [3.05, 3.63) is 28.2 Å². The van der Waals surface area contributed by atoms with Gasteiger partial charge >= 0.3 is 0 Å². The van der Waals surface area contributed by atoms with Crippen LogP contribution in [0.5, 0.6) is 0 Å². The van der Waals surface area contributed by atoms with E-state index in [2.05, 4.69) is 27.8 Å². The van der Waals surface area contributed by atoms with Gasteiger partial charge in [0.1, 0.15) is 0 Å². The highest BCUT2D eigenvalue weighted by Gasteiger charge is 2.14. The van der Waals surface area contributed by atoms with Gasteiger partial charge < -0.3 is 10.6 Å². The topological polar surface area (TPSA) is 49.6 Å². The van der Waals surface area contributed by atoms with Crippen LogP contribution in [0, 0.1) is 0 Å². The lowest BCUT2D eigenvalue weighted by Crippen LogP contribution is -2.36. The molecule has 1 amide bonds. The van der Waals surface area contributed by atoms with Crippen molar-refractivity contribution in [2.75, 3.05) is 32.9 Å². The van der Waals surface area contributed by atoms with Crippen molar-refractivity contribution in [3.8, 4) is 0 Å². The SMILES string of the molecule is CCCN(CC(=O)N(C)C)Cc1c(N)cccc1Br. The normalized spacial score (nSPS) is 10.8. The fourth-order valence-corrected chi connectivity index (χ4v) is 2.34. The van der Waals surface area contributed by atoms with Crippen LogP contribution in [-0.4, -0.2) is 42.9 Å². The maximum Gasteiger partial charge on any atom is 0.236 e. The molecule has 0 heterocycles. The van der Waals surface area contributed by atoms with Gasteiger partial charge in [-0.3, -0.25) is 9.69 Å². The molecule has 0 aromatic heterocycles. The first-order valence-corrected chi connectivity index (χ1v) is 7.20. The molecular formula is C14H22BrN3O. The van der Waals surface area contributed by atoms with Crippen LogP contribution in [-0.2, 0) is 11.3 Å². The van der Waals surface area contributed by atoms with Crippen LogP contribution >= 0.6 is 15.9 Å². The van der Waals surface area contributed by atoms with Crippen molar-refractivity contribution in [1.82, 2.24) is 9.80 Å². The van der Waals surface area contributed by atoms with Crippen LogP contribution in [0.4, 0.5) is 5.69 Å². The summed E-state index contributed by atoms with van der Waals surface area (Å²) in [7, 11) is 3.55. The maximum absolute atomic E-state index is 11.8. The Balaban J connectivity index is 2.81. The van der Waals surface area contributed by atoms with E-state index < -0.39 is 0 Å². The molecule has 0 fully saturated rings. The average molecular weight is 328 g/mol. The van der Waals surface area contributed by atoms with Gasteiger partial charge in [0.2, 0.25) is 5.91 Å². The Kier molecular flexibility index (Phi) is 6.31. The summed E-state index contributed by atoms with van der Waals surface area (Å²) in [6.07, 6.45) is 1.01. The van der Waals surface area contributed by atoms with E-state index in [1.54, 1.807) is 19.0 Å². The highest BCUT2D eigenvalue weighted by molar-refractivity contribution is 9.10. The molecule has 0 aliphatic heterocycles. The van der Waals surface area contributed by atoms with Gasteiger partial charge in [-0.1, -0.05) is 28.9 Å². The van der Waals surface area contributed by atoms with Gasteiger partial charge in [-0.25, -0.2) is 0 Å². The number of nitrogen functional groups attached to an aromatic ring is 1. The Hall–Kier alpha value is -1.07. The third-order valence-corrected chi connectivity index (χ3v) is 3.68. The number of benzene rings is 1. The van der Waals surface area contributed by atoms with Crippen molar-refractivity contribution in [1.29, 1.82) is 0 Å². The summed E-state index contributed by atoms with van der Waals surface area (Å²) >= 11 is 3.52. The molecule has 0 aliphatic carbocycles. The first-order valence-electron chi connectivity index (χ1n) is 6.41. The molecule has 5 heteroatoms. The van der Waals surface area contributed by atoms with E-state index in [4.69, 9.17) is 5.73 Å². The predicted octanol–water partition coefficient (Wildman–Crippen LogP) is 2.33. The summed E-state index contributed by atoms with van der Waals surface area (Å²) in [5, 5.41) is 0. The zero-order chi connectivity index (χ0) is 14.4. The van der Waals surface area contributed by atoms with Crippen LogP contribution in [0.15, 0.2) is 22.7 Å². The monoisotopic (exact) mass is 327 g/mol. The average Bonchev–Trinajstić information content (AvgIpc) is 2.34. The third-order valence-electron chi connectivity index (χ3n) is 2.93. The van der Waals surface area contributed by atoms with Crippen molar-refractivity contribution >= 4 is 27.5 Å². The predicted molar refractivity (Wildman–Crippen MR) is 82.8 cm³/mol. The number of carbonyl (C=O) groups is 1. The number of halogens is 1. The Morgan fingerprint density at radius 2 is 2.05 bits per heavy atom. The van der Waals surface area contributed by atoms with Gasteiger partial charge in [-0.05, 0) is 25.1 Å².